The van der Waals surface area contributed by atoms with Gasteiger partial charge in [0.05, 0.1) is 11.4 Å². The van der Waals surface area contributed by atoms with Crippen LogP contribution in [-0.2, 0) is 4.79 Å². The molecular formula is C12H16FN3O. The summed E-state index contributed by atoms with van der Waals surface area (Å²) in [6.07, 6.45) is 2.11. The Balaban J connectivity index is 1.96. The first-order chi connectivity index (χ1) is 8.06. The molecular weight excluding hydrogens is 221 g/mol. The van der Waals surface area contributed by atoms with E-state index in [1.807, 2.05) is 0 Å². The van der Waals surface area contributed by atoms with E-state index in [1.54, 1.807) is 6.92 Å². The van der Waals surface area contributed by atoms with Gasteiger partial charge in [0, 0.05) is 6.04 Å². The molecule has 0 spiro atoms. The van der Waals surface area contributed by atoms with Gasteiger partial charge in [0.25, 0.3) is 0 Å². The van der Waals surface area contributed by atoms with Gasteiger partial charge in [-0.1, -0.05) is 0 Å². The van der Waals surface area contributed by atoms with Crippen molar-refractivity contribution in [3.8, 4) is 0 Å². The molecule has 0 saturated heterocycles. The highest BCUT2D eigenvalue weighted by Gasteiger charge is 2.25. The lowest BCUT2D eigenvalue weighted by Crippen LogP contribution is -2.38. The number of nitrogens with two attached hydrogens (primary N) is 1. The van der Waals surface area contributed by atoms with Gasteiger partial charge in [0.15, 0.2) is 0 Å². The number of benzene rings is 1. The first kappa shape index (κ1) is 11.7. The summed E-state index contributed by atoms with van der Waals surface area (Å²) in [5, 5.41) is 5.85. The highest BCUT2D eigenvalue weighted by atomic mass is 19.1. The van der Waals surface area contributed by atoms with E-state index in [9.17, 15) is 9.18 Å². The summed E-state index contributed by atoms with van der Waals surface area (Å²) < 4.78 is 12.8. The lowest BCUT2D eigenvalue weighted by atomic mass is 10.2. The molecule has 1 saturated carbocycles. The van der Waals surface area contributed by atoms with Crippen molar-refractivity contribution < 1.29 is 9.18 Å². The van der Waals surface area contributed by atoms with Crippen molar-refractivity contribution >= 4 is 17.3 Å². The number of hydrogen-bond donors (Lipinski definition) is 3. The normalized spacial score (nSPS) is 16.4. The van der Waals surface area contributed by atoms with Gasteiger partial charge >= 0.3 is 0 Å². The van der Waals surface area contributed by atoms with Gasteiger partial charge in [-0.2, -0.15) is 0 Å². The molecule has 1 atom stereocenters. The minimum absolute atomic E-state index is 0.0591. The Morgan fingerprint density at radius 1 is 1.53 bits per heavy atom. The molecule has 0 radical (unpaired) electrons. The minimum Gasteiger partial charge on any atom is -0.397 e. The summed E-state index contributed by atoms with van der Waals surface area (Å²) in [7, 11) is 0. The molecule has 0 bridgehead atoms. The summed E-state index contributed by atoms with van der Waals surface area (Å²) in [6.45, 7) is 1.75. The van der Waals surface area contributed by atoms with Crippen molar-refractivity contribution in [3.05, 3.63) is 24.0 Å². The van der Waals surface area contributed by atoms with Gasteiger partial charge < -0.3 is 16.4 Å². The summed E-state index contributed by atoms with van der Waals surface area (Å²) in [6, 6.07) is 4.02. The Bertz CT molecular complexity index is 432. The fraction of sp³-hybridized carbons (Fsp3) is 0.417. The molecule has 0 heterocycles. The minimum atomic E-state index is -0.386. The van der Waals surface area contributed by atoms with E-state index in [4.69, 9.17) is 5.73 Å². The van der Waals surface area contributed by atoms with Crippen LogP contribution < -0.4 is 16.4 Å². The fourth-order valence-electron chi connectivity index (χ4n) is 1.52. The largest absolute Gasteiger partial charge is 0.397 e. The highest BCUT2D eigenvalue weighted by Crippen LogP contribution is 2.21. The zero-order chi connectivity index (χ0) is 12.4. The Kier molecular flexibility index (Phi) is 3.17. The first-order valence-corrected chi connectivity index (χ1v) is 5.68. The molecule has 0 aromatic heterocycles. The van der Waals surface area contributed by atoms with Crippen LogP contribution in [0.15, 0.2) is 18.2 Å². The predicted molar refractivity (Wildman–Crippen MR) is 65.1 cm³/mol. The van der Waals surface area contributed by atoms with Crippen molar-refractivity contribution in [2.75, 3.05) is 11.1 Å². The second-order valence-corrected chi connectivity index (χ2v) is 4.38. The third kappa shape index (κ3) is 3.09. The Labute approximate surface area is 99.4 Å². The summed E-state index contributed by atoms with van der Waals surface area (Å²) in [5.41, 5.74) is 6.53. The number of anilines is 2. The quantitative estimate of drug-likeness (QED) is 0.695. The topological polar surface area (TPSA) is 67.1 Å². The number of amides is 1. The Morgan fingerprint density at radius 2 is 2.24 bits per heavy atom. The maximum absolute atomic E-state index is 12.8. The Morgan fingerprint density at radius 3 is 2.82 bits per heavy atom. The van der Waals surface area contributed by atoms with Gasteiger partial charge in [-0.15, -0.1) is 0 Å². The fourth-order valence-corrected chi connectivity index (χ4v) is 1.52. The zero-order valence-corrected chi connectivity index (χ0v) is 9.66. The molecule has 2 rings (SSSR count). The molecule has 0 aliphatic heterocycles. The van der Waals surface area contributed by atoms with Crippen LogP contribution in [0, 0.1) is 5.82 Å². The number of nitrogen functional groups attached to an aromatic ring is 1. The average molecular weight is 237 g/mol. The first-order valence-electron chi connectivity index (χ1n) is 5.68. The zero-order valence-electron chi connectivity index (χ0n) is 9.66. The van der Waals surface area contributed by atoms with Gasteiger partial charge in [0.2, 0.25) is 5.91 Å². The smallest absolute Gasteiger partial charge is 0.242 e. The van der Waals surface area contributed by atoms with Gasteiger partial charge in [0.1, 0.15) is 11.9 Å². The molecule has 92 valence electrons. The molecule has 1 unspecified atom stereocenters. The lowest BCUT2D eigenvalue weighted by Gasteiger charge is -2.16. The van der Waals surface area contributed by atoms with E-state index in [0.717, 1.165) is 12.8 Å². The van der Waals surface area contributed by atoms with Crippen LogP contribution >= 0.6 is 0 Å². The van der Waals surface area contributed by atoms with Crippen molar-refractivity contribution in [1.29, 1.82) is 0 Å². The van der Waals surface area contributed by atoms with Crippen LogP contribution in [-0.4, -0.2) is 18.0 Å². The SMILES string of the molecule is CC(Nc1ccc(F)cc1N)C(=O)NC1CC1. The number of halogens is 1. The molecule has 1 fully saturated rings. The molecule has 4 nitrogen and oxygen atoms in total. The molecule has 5 heteroatoms. The molecule has 1 aromatic rings. The van der Waals surface area contributed by atoms with Crippen molar-refractivity contribution in [2.45, 2.75) is 31.8 Å². The molecule has 1 aromatic carbocycles. The number of rotatable bonds is 4. The number of nitrogens with one attached hydrogen (secondary N) is 2. The van der Waals surface area contributed by atoms with Crippen LogP contribution in [0.1, 0.15) is 19.8 Å². The molecule has 1 aliphatic rings. The average Bonchev–Trinajstić information content (AvgIpc) is 3.06. The lowest BCUT2D eigenvalue weighted by molar-refractivity contribution is -0.121. The van der Waals surface area contributed by atoms with E-state index in [2.05, 4.69) is 10.6 Å². The second kappa shape index (κ2) is 4.61. The number of carbonyl (C=O) groups is 1. The van der Waals surface area contributed by atoms with Crippen molar-refractivity contribution in [3.63, 3.8) is 0 Å². The second-order valence-electron chi connectivity index (χ2n) is 4.38. The van der Waals surface area contributed by atoms with Crippen LogP contribution in [0.25, 0.3) is 0 Å². The van der Waals surface area contributed by atoms with E-state index in [1.165, 1.54) is 18.2 Å². The van der Waals surface area contributed by atoms with Gasteiger partial charge in [-0.3, -0.25) is 4.79 Å². The molecule has 17 heavy (non-hydrogen) atoms. The summed E-state index contributed by atoms with van der Waals surface area (Å²) in [4.78, 5) is 11.7. The monoisotopic (exact) mass is 237 g/mol. The third-order valence-electron chi connectivity index (χ3n) is 2.70. The van der Waals surface area contributed by atoms with Crippen molar-refractivity contribution in [1.82, 2.24) is 5.32 Å². The van der Waals surface area contributed by atoms with E-state index in [0.29, 0.717) is 17.4 Å². The van der Waals surface area contributed by atoms with Gasteiger partial charge in [-0.25, -0.2) is 4.39 Å². The highest BCUT2D eigenvalue weighted by molar-refractivity contribution is 5.85. The standard InChI is InChI=1S/C12H16FN3O/c1-7(12(17)16-9-3-4-9)15-11-5-2-8(13)6-10(11)14/h2,5-7,9,15H,3-4,14H2,1H3,(H,16,17). The maximum Gasteiger partial charge on any atom is 0.242 e. The number of carbonyl (C=O) groups excluding carboxylic acids is 1. The van der Waals surface area contributed by atoms with E-state index < -0.39 is 0 Å². The van der Waals surface area contributed by atoms with E-state index >= 15 is 0 Å². The third-order valence-corrected chi connectivity index (χ3v) is 2.70. The predicted octanol–water partition coefficient (Wildman–Crippen LogP) is 1.49. The number of hydrogen-bond acceptors (Lipinski definition) is 3. The van der Waals surface area contributed by atoms with Crippen LogP contribution in [0.3, 0.4) is 0 Å². The van der Waals surface area contributed by atoms with Crippen LogP contribution in [0.5, 0.6) is 0 Å². The van der Waals surface area contributed by atoms with Crippen LogP contribution in [0.2, 0.25) is 0 Å². The maximum atomic E-state index is 12.8. The molecule has 1 aliphatic carbocycles. The summed E-state index contributed by atoms with van der Waals surface area (Å²) >= 11 is 0. The Hall–Kier alpha value is -1.78. The van der Waals surface area contributed by atoms with Gasteiger partial charge in [-0.05, 0) is 38.0 Å². The molecule has 4 N–H and O–H groups in total. The van der Waals surface area contributed by atoms with Crippen molar-refractivity contribution in [2.24, 2.45) is 0 Å². The van der Waals surface area contributed by atoms with E-state index in [-0.39, 0.29) is 17.8 Å². The molecule has 1 amide bonds. The summed E-state index contributed by atoms with van der Waals surface area (Å²) in [5.74, 6) is -0.445. The van der Waals surface area contributed by atoms with Crippen LogP contribution in [0.4, 0.5) is 15.8 Å².